The Morgan fingerprint density at radius 1 is 1.00 bits per heavy atom. The molecule has 3 saturated heterocycles. The number of nitrogen functional groups attached to an aromatic ring is 1. The van der Waals surface area contributed by atoms with Gasteiger partial charge in [0.05, 0.1) is 24.3 Å². The van der Waals surface area contributed by atoms with E-state index in [1.807, 2.05) is 4.90 Å². The zero-order chi connectivity index (χ0) is 27.1. The van der Waals surface area contributed by atoms with Crippen LogP contribution in [0, 0.1) is 11.6 Å². The monoisotopic (exact) mass is 535 g/mol. The van der Waals surface area contributed by atoms with Gasteiger partial charge in [0, 0.05) is 75.9 Å². The lowest BCUT2D eigenvalue weighted by molar-refractivity contribution is -0.0494. The number of carbonyl (C=O) groups is 2. The second-order valence-corrected chi connectivity index (χ2v) is 10.3. The van der Waals surface area contributed by atoms with Gasteiger partial charge in [-0.15, -0.1) is 0 Å². The third-order valence-electron chi connectivity index (χ3n) is 7.56. The van der Waals surface area contributed by atoms with Gasteiger partial charge in [-0.05, 0) is 24.3 Å². The van der Waals surface area contributed by atoms with Crippen LogP contribution in [0.25, 0.3) is 0 Å². The van der Waals surface area contributed by atoms with Crippen LogP contribution < -0.4 is 5.73 Å². The van der Waals surface area contributed by atoms with Crippen molar-refractivity contribution in [3.63, 3.8) is 0 Å². The number of alkyl halides is 2. The Kier molecular flexibility index (Phi) is 6.93. The lowest BCUT2D eigenvalue weighted by atomic mass is 9.91. The van der Waals surface area contributed by atoms with Crippen LogP contribution in [-0.2, 0) is 17.8 Å². The molecule has 1 spiro atoms. The number of amides is 2. The van der Waals surface area contributed by atoms with Gasteiger partial charge in [-0.3, -0.25) is 19.6 Å². The van der Waals surface area contributed by atoms with Crippen molar-refractivity contribution in [3.8, 4) is 0 Å². The number of nitrogens with two attached hydrogens (primary N) is 1. The SMILES string of the molecule is Nc1cc(F)c(CN2CCC3(CC2)CN(Cc2ccc(C(=O)N4CCC(F)(F)CC4)cn2)C(=O)O3)c(F)c1. The third kappa shape index (κ3) is 5.54. The topological polar surface area (TPSA) is 92.0 Å². The summed E-state index contributed by atoms with van der Waals surface area (Å²) in [7, 11) is 0. The van der Waals surface area contributed by atoms with Gasteiger partial charge in [-0.25, -0.2) is 22.4 Å². The first-order valence-corrected chi connectivity index (χ1v) is 12.6. The van der Waals surface area contributed by atoms with Crippen LogP contribution in [0.15, 0.2) is 30.5 Å². The molecule has 8 nitrogen and oxygen atoms in total. The zero-order valence-electron chi connectivity index (χ0n) is 20.8. The van der Waals surface area contributed by atoms with Crippen LogP contribution in [-0.4, -0.2) is 75.9 Å². The Morgan fingerprint density at radius 2 is 1.66 bits per heavy atom. The Hall–Kier alpha value is -3.41. The van der Waals surface area contributed by atoms with Crippen LogP contribution in [0.3, 0.4) is 0 Å². The average molecular weight is 536 g/mol. The van der Waals surface area contributed by atoms with Crippen molar-refractivity contribution in [1.29, 1.82) is 0 Å². The minimum Gasteiger partial charge on any atom is -0.441 e. The van der Waals surface area contributed by atoms with Gasteiger partial charge in [0.15, 0.2) is 0 Å². The molecule has 3 aliphatic heterocycles. The van der Waals surface area contributed by atoms with Crippen molar-refractivity contribution in [2.24, 2.45) is 0 Å². The quantitative estimate of drug-likeness (QED) is 0.463. The standard InChI is InChI=1S/C26H29F4N5O3/c27-21-11-18(31)12-22(28)20(21)15-33-7-3-25(4-8-33)16-35(24(37)38-25)14-19-2-1-17(13-32-19)23(36)34-9-5-26(29,30)6-10-34/h1-2,11-13H,3-10,14-16,31H2. The molecule has 38 heavy (non-hydrogen) atoms. The van der Waals surface area contributed by atoms with E-state index in [1.165, 1.54) is 11.1 Å². The number of likely N-dealkylation sites (tertiary alicyclic amines) is 2. The van der Waals surface area contributed by atoms with E-state index in [9.17, 15) is 27.2 Å². The molecule has 12 heteroatoms. The fourth-order valence-electron chi connectivity index (χ4n) is 5.25. The maximum Gasteiger partial charge on any atom is 0.410 e. The first-order valence-electron chi connectivity index (χ1n) is 12.6. The van der Waals surface area contributed by atoms with Crippen LogP contribution in [0.2, 0.25) is 0 Å². The normalized spacial score (nSPS) is 21.1. The number of rotatable bonds is 5. The number of benzene rings is 1. The van der Waals surface area contributed by atoms with Crippen LogP contribution >= 0.6 is 0 Å². The number of hydrogen-bond acceptors (Lipinski definition) is 6. The van der Waals surface area contributed by atoms with Gasteiger partial charge in [0.1, 0.15) is 17.2 Å². The van der Waals surface area contributed by atoms with E-state index >= 15 is 0 Å². The summed E-state index contributed by atoms with van der Waals surface area (Å²) in [6, 6.07) is 5.43. The van der Waals surface area contributed by atoms with E-state index in [0.29, 0.717) is 43.7 Å². The smallest absolute Gasteiger partial charge is 0.410 e. The number of anilines is 1. The van der Waals surface area contributed by atoms with Gasteiger partial charge in [0.25, 0.3) is 11.8 Å². The largest absolute Gasteiger partial charge is 0.441 e. The van der Waals surface area contributed by atoms with E-state index in [0.717, 1.165) is 12.1 Å². The molecule has 4 heterocycles. The minimum atomic E-state index is -2.73. The van der Waals surface area contributed by atoms with Gasteiger partial charge in [-0.1, -0.05) is 0 Å². The molecule has 0 bridgehead atoms. The number of ether oxygens (including phenoxy) is 1. The molecular weight excluding hydrogens is 506 g/mol. The number of nitrogens with zero attached hydrogens (tertiary/aromatic N) is 4. The summed E-state index contributed by atoms with van der Waals surface area (Å²) >= 11 is 0. The molecule has 3 fully saturated rings. The second kappa shape index (κ2) is 10.0. The molecule has 2 amide bonds. The van der Waals surface area contributed by atoms with Crippen molar-refractivity contribution in [2.75, 3.05) is 38.5 Å². The predicted molar refractivity (Wildman–Crippen MR) is 129 cm³/mol. The Labute approximate surface area is 217 Å². The summed E-state index contributed by atoms with van der Waals surface area (Å²) in [6.07, 6.45) is 1.26. The van der Waals surface area contributed by atoms with Crippen molar-refractivity contribution in [3.05, 3.63) is 58.9 Å². The van der Waals surface area contributed by atoms with Gasteiger partial charge < -0.3 is 15.4 Å². The lowest BCUT2D eigenvalue weighted by Gasteiger charge is -2.37. The second-order valence-electron chi connectivity index (χ2n) is 10.3. The molecule has 1 aromatic carbocycles. The summed E-state index contributed by atoms with van der Waals surface area (Å²) in [4.78, 5) is 34.4. The highest BCUT2D eigenvalue weighted by Gasteiger charge is 2.47. The van der Waals surface area contributed by atoms with E-state index in [2.05, 4.69) is 4.98 Å². The van der Waals surface area contributed by atoms with E-state index in [4.69, 9.17) is 10.5 Å². The maximum absolute atomic E-state index is 14.2. The highest BCUT2D eigenvalue weighted by molar-refractivity contribution is 5.94. The molecule has 0 radical (unpaired) electrons. The Bertz CT molecular complexity index is 1180. The summed E-state index contributed by atoms with van der Waals surface area (Å²) in [6.45, 7) is 1.64. The molecule has 0 saturated carbocycles. The number of piperidine rings is 2. The zero-order valence-corrected chi connectivity index (χ0v) is 20.8. The molecular formula is C26H29F4N5O3. The van der Waals surface area contributed by atoms with Crippen LogP contribution in [0.4, 0.5) is 28.0 Å². The highest BCUT2D eigenvalue weighted by atomic mass is 19.3. The van der Waals surface area contributed by atoms with Gasteiger partial charge >= 0.3 is 6.09 Å². The van der Waals surface area contributed by atoms with E-state index < -0.39 is 29.3 Å². The summed E-state index contributed by atoms with van der Waals surface area (Å²) in [5.41, 5.74) is 5.67. The molecule has 5 rings (SSSR count). The molecule has 1 aromatic heterocycles. The molecule has 3 aliphatic rings. The fraction of sp³-hybridized carbons (Fsp3) is 0.500. The average Bonchev–Trinajstić information content (AvgIpc) is 3.16. The van der Waals surface area contributed by atoms with Crippen LogP contribution in [0.5, 0.6) is 0 Å². The summed E-state index contributed by atoms with van der Waals surface area (Å²) in [5.74, 6) is -4.44. The summed E-state index contributed by atoms with van der Waals surface area (Å²) in [5, 5.41) is 0. The van der Waals surface area contributed by atoms with Crippen LogP contribution in [0.1, 0.15) is 47.3 Å². The first-order chi connectivity index (χ1) is 18.0. The van der Waals surface area contributed by atoms with Gasteiger partial charge in [-0.2, -0.15) is 0 Å². The molecule has 0 atom stereocenters. The van der Waals surface area contributed by atoms with Crippen molar-refractivity contribution in [1.82, 2.24) is 19.7 Å². The van der Waals surface area contributed by atoms with Crippen molar-refractivity contribution >= 4 is 17.7 Å². The number of pyridine rings is 1. The number of carbonyl (C=O) groups excluding carboxylic acids is 2. The molecule has 0 aliphatic carbocycles. The predicted octanol–water partition coefficient (Wildman–Crippen LogP) is 3.80. The Morgan fingerprint density at radius 3 is 2.26 bits per heavy atom. The molecule has 204 valence electrons. The van der Waals surface area contributed by atoms with Gasteiger partial charge in [0.2, 0.25) is 0 Å². The molecule has 2 N–H and O–H groups in total. The number of hydrogen-bond donors (Lipinski definition) is 1. The van der Waals surface area contributed by atoms with Crippen molar-refractivity contribution in [2.45, 2.75) is 50.3 Å². The highest BCUT2D eigenvalue weighted by Crippen LogP contribution is 2.35. The molecule has 0 unspecified atom stereocenters. The Balaban J connectivity index is 1.14. The third-order valence-corrected chi connectivity index (χ3v) is 7.56. The van der Waals surface area contributed by atoms with Crippen molar-refractivity contribution < 1.29 is 31.9 Å². The molecule has 2 aromatic rings. The minimum absolute atomic E-state index is 0.00340. The fourth-order valence-corrected chi connectivity index (χ4v) is 5.25. The number of aromatic nitrogens is 1. The van der Waals surface area contributed by atoms with E-state index in [1.54, 1.807) is 17.0 Å². The summed E-state index contributed by atoms with van der Waals surface area (Å²) < 4.78 is 60.9. The van der Waals surface area contributed by atoms with E-state index in [-0.39, 0.29) is 56.2 Å². The number of halogens is 4. The lowest BCUT2D eigenvalue weighted by Crippen LogP contribution is -2.46. The first kappa shape index (κ1) is 26.2. The maximum atomic E-state index is 14.2.